The predicted molar refractivity (Wildman–Crippen MR) is 80.2 cm³/mol. The van der Waals surface area contributed by atoms with E-state index in [1.165, 1.54) is 23.9 Å². The Kier molecular flexibility index (Phi) is 4.10. The average molecular weight is 314 g/mol. The average Bonchev–Trinajstić information content (AvgIpc) is 3.03. The lowest BCUT2D eigenvalue weighted by Gasteiger charge is -1.95. The van der Waals surface area contributed by atoms with Crippen molar-refractivity contribution in [2.45, 2.75) is 10.8 Å². The molecule has 0 N–H and O–H groups in total. The van der Waals surface area contributed by atoms with Crippen LogP contribution < -0.4 is 0 Å². The zero-order valence-electron chi connectivity index (χ0n) is 11.2. The monoisotopic (exact) mass is 314 g/mol. The quantitative estimate of drug-likeness (QED) is 0.405. The Balaban J connectivity index is 1.73. The lowest BCUT2D eigenvalue weighted by atomic mass is 10.2. The minimum Gasteiger partial charge on any atom is -0.338 e. The van der Waals surface area contributed by atoms with E-state index in [0.717, 1.165) is 5.03 Å². The molecule has 1 aromatic carbocycles. The number of hydrogen-bond acceptors (Lipinski definition) is 7. The van der Waals surface area contributed by atoms with Crippen molar-refractivity contribution < 1.29 is 9.45 Å². The van der Waals surface area contributed by atoms with Crippen molar-refractivity contribution >= 4 is 17.4 Å². The van der Waals surface area contributed by atoms with Gasteiger partial charge in [0, 0.05) is 23.9 Å². The molecule has 110 valence electrons. The molecule has 0 amide bonds. The first-order valence-corrected chi connectivity index (χ1v) is 7.32. The van der Waals surface area contributed by atoms with Crippen LogP contribution in [-0.2, 0) is 5.75 Å². The number of non-ortho nitro benzene ring substituents is 1. The highest BCUT2D eigenvalue weighted by atomic mass is 32.2. The van der Waals surface area contributed by atoms with Gasteiger partial charge in [-0.05, 0) is 12.1 Å². The van der Waals surface area contributed by atoms with Gasteiger partial charge < -0.3 is 4.52 Å². The number of pyridine rings is 1. The van der Waals surface area contributed by atoms with Crippen LogP contribution in [0.3, 0.4) is 0 Å². The van der Waals surface area contributed by atoms with Gasteiger partial charge in [-0.15, -0.1) is 0 Å². The molecule has 7 nitrogen and oxygen atoms in total. The molecule has 3 aromatic rings. The first kappa shape index (κ1) is 14.2. The molecule has 0 bridgehead atoms. The smallest absolute Gasteiger partial charge is 0.270 e. The van der Waals surface area contributed by atoms with E-state index >= 15 is 0 Å². The third-order valence-electron chi connectivity index (χ3n) is 2.76. The van der Waals surface area contributed by atoms with Gasteiger partial charge in [0.15, 0.2) is 0 Å². The van der Waals surface area contributed by atoms with E-state index in [0.29, 0.717) is 23.0 Å². The van der Waals surface area contributed by atoms with Crippen molar-refractivity contribution in [3.63, 3.8) is 0 Å². The van der Waals surface area contributed by atoms with Gasteiger partial charge in [0.25, 0.3) is 5.69 Å². The summed E-state index contributed by atoms with van der Waals surface area (Å²) in [7, 11) is 0. The third kappa shape index (κ3) is 3.29. The molecular formula is C14H10N4O3S. The van der Waals surface area contributed by atoms with E-state index in [9.17, 15) is 10.1 Å². The maximum atomic E-state index is 10.8. The van der Waals surface area contributed by atoms with Crippen LogP contribution in [0.2, 0.25) is 0 Å². The van der Waals surface area contributed by atoms with Crippen LogP contribution in [0.15, 0.2) is 58.2 Å². The standard InChI is InChI=1S/C14H10N4O3S/c19-18(20)11-5-3-4-10(8-11)14-16-12(21-17-14)9-22-13-6-1-2-7-15-13/h1-8H,9H2. The second-order valence-corrected chi connectivity index (χ2v) is 5.27. The lowest BCUT2D eigenvalue weighted by Crippen LogP contribution is -1.89. The second kappa shape index (κ2) is 6.35. The molecule has 2 heterocycles. The number of thioether (sulfide) groups is 1. The molecule has 0 aliphatic heterocycles. The van der Waals surface area contributed by atoms with Crippen molar-refractivity contribution in [1.82, 2.24) is 15.1 Å². The summed E-state index contributed by atoms with van der Waals surface area (Å²) < 4.78 is 5.16. The molecule has 0 spiro atoms. The van der Waals surface area contributed by atoms with Crippen molar-refractivity contribution in [1.29, 1.82) is 0 Å². The number of nitrogens with zero attached hydrogens (tertiary/aromatic N) is 4. The van der Waals surface area contributed by atoms with E-state index in [2.05, 4.69) is 15.1 Å². The largest absolute Gasteiger partial charge is 0.338 e. The minimum atomic E-state index is -0.457. The fraction of sp³-hybridized carbons (Fsp3) is 0.0714. The first-order chi connectivity index (χ1) is 10.7. The molecule has 0 unspecified atom stereocenters. The van der Waals surface area contributed by atoms with E-state index in [1.54, 1.807) is 18.3 Å². The highest BCUT2D eigenvalue weighted by Crippen LogP contribution is 2.24. The summed E-state index contributed by atoms with van der Waals surface area (Å²) >= 11 is 1.47. The van der Waals surface area contributed by atoms with Crippen LogP contribution in [0.5, 0.6) is 0 Å². The summed E-state index contributed by atoms with van der Waals surface area (Å²) in [6.07, 6.45) is 1.71. The van der Waals surface area contributed by atoms with E-state index in [-0.39, 0.29) is 5.69 Å². The molecule has 22 heavy (non-hydrogen) atoms. The van der Waals surface area contributed by atoms with Crippen LogP contribution in [0.25, 0.3) is 11.4 Å². The van der Waals surface area contributed by atoms with Crippen molar-refractivity contribution in [2.24, 2.45) is 0 Å². The zero-order valence-corrected chi connectivity index (χ0v) is 12.1. The Hall–Kier alpha value is -2.74. The lowest BCUT2D eigenvalue weighted by molar-refractivity contribution is -0.384. The van der Waals surface area contributed by atoms with Crippen LogP contribution in [-0.4, -0.2) is 20.0 Å². The molecule has 0 fully saturated rings. The number of nitro benzene ring substituents is 1. The highest BCUT2D eigenvalue weighted by molar-refractivity contribution is 7.98. The molecule has 2 aromatic heterocycles. The van der Waals surface area contributed by atoms with Gasteiger partial charge in [-0.3, -0.25) is 10.1 Å². The van der Waals surface area contributed by atoms with Gasteiger partial charge in [0.1, 0.15) is 0 Å². The number of hydrogen-bond donors (Lipinski definition) is 0. The third-order valence-corrected chi connectivity index (χ3v) is 3.69. The molecule has 0 atom stereocenters. The molecule has 0 saturated heterocycles. The Labute approximate surface area is 129 Å². The molecule has 0 aliphatic carbocycles. The number of nitro groups is 1. The van der Waals surface area contributed by atoms with Gasteiger partial charge in [-0.25, -0.2) is 4.98 Å². The molecule has 8 heteroatoms. The Morgan fingerprint density at radius 1 is 1.23 bits per heavy atom. The van der Waals surface area contributed by atoms with Crippen LogP contribution in [0.1, 0.15) is 5.89 Å². The maximum absolute atomic E-state index is 10.8. The van der Waals surface area contributed by atoms with Crippen LogP contribution >= 0.6 is 11.8 Å². The SMILES string of the molecule is O=[N+]([O-])c1cccc(-c2noc(CSc3ccccn3)n2)c1. The Bertz CT molecular complexity index is 792. The first-order valence-electron chi connectivity index (χ1n) is 6.33. The summed E-state index contributed by atoms with van der Waals surface area (Å²) in [6.45, 7) is 0. The zero-order chi connectivity index (χ0) is 15.4. The topological polar surface area (TPSA) is 95.0 Å². The predicted octanol–water partition coefficient (Wildman–Crippen LogP) is 3.33. The van der Waals surface area contributed by atoms with E-state index in [1.807, 2.05) is 18.2 Å². The summed E-state index contributed by atoms with van der Waals surface area (Å²) in [4.78, 5) is 18.8. The Morgan fingerprint density at radius 3 is 2.91 bits per heavy atom. The summed E-state index contributed by atoms with van der Waals surface area (Å²) in [5.41, 5.74) is 0.541. The fourth-order valence-electron chi connectivity index (χ4n) is 1.76. The molecule has 0 radical (unpaired) electrons. The maximum Gasteiger partial charge on any atom is 0.270 e. The normalized spacial score (nSPS) is 10.5. The van der Waals surface area contributed by atoms with Crippen molar-refractivity contribution in [3.05, 3.63) is 64.7 Å². The fourth-order valence-corrected chi connectivity index (χ4v) is 2.46. The summed E-state index contributed by atoms with van der Waals surface area (Å²) in [5.74, 6) is 1.26. The van der Waals surface area contributed by atoms with Crippen molar-refractivity contribution in [2.75, 3.05) is 0 Å². The molecular weight excluding hydrogens is 304 g/mol. The van der Waals surface area contributed by atoms with Gasteiger partial charge >= 0.3 is 0 Å². The Morgan fingerprint density at radius 2 is 2.14 bits per heavy atom. The van der Waals surface area contributed by atoms with Gasteiger partial charge in [-0.2, -0.15) is 4.98 Å². The second-order valence-electron chi connectivity index (χ2n) is 4.28. The van der Waals surface area contributed by atoms with Crippen molar-refractivity contribution in [3.8, 4) is 11.4 Å². The van der Waals surface area contributed by atoms with Gasteiger partial charge in [0.2, 0.25) is 11.7 Å². The molecule has 0 aliphatic rings. The molecule has 0 saturated carbocycles. The highest BCUT2D eigenvalue weighted by Gasteiger charge is 2.12. The van der Waals surface area contributed by atoms with Gasteiger partial charge in [0.05, 0.1) is 15.7 Å². The van der Waals surface area contributed by atoms with E-state index in [4.69, 9.17) is 4.52 Å². The summed E-state index contributed by atoms with van der Waals surface area (Å²) in [5, 5.41) is 15.5. The van der Waals surface area contributed by atoms with Crippen LogP contribution in [0, 0.1) is 10.1 Å². The number of aromatic nitrogens is 3. The number of benzene rings is 1. The van der Waals surface area contributed by atoms with Crippen LogP contribution in [0.4, 0.5) is 5.69 Å². The number of rotatable bonds is 5. The van der Waals surface area contributed by atoms with Gasteiger partial charge in [-0.1, -0.05) is 35.1 Å². The minimum absolute atomic E-state index is 0.00768. The summed E-state index contributed by atoms with van der Waals surface area (Å²) in [6, 6.07) is 11.8. The van der Waals surface area contributed by atoms with E-state index < -0.39 is 4.92 Å². The molecule has 3 rings (SSSR count).